The molecule has 7 aromatic carbocycles. The number of benzene rings is 7. The fraction of sp³-hybridized carbons (Fsp3) is 0. The topological polar surface area (TPSA) is 64.7 Å². The van der Waals surface area contributed by atoms with Crippen molar-refractivity contribution in [2.24, 2.45) is 0 Å². The predicted octanol–water partition coefficient (Wildman–Crippen LogP) is 13.1. The van der Waals surface area contributed by atoms with Gasteiger partial charge in [-0.05, 0) is 35.9 Å². The van der Waals surface area contributed by atoms with E-state index >= 15 is 0 Å². The van der Waals surface area contributed by atoms with Crippen LogP contribution < -0.4 is 0 Å². The van der Waals surface area contributed by atoms with Crippen LogP contribution in [0.2, 0.25) is 0 Å². The molecule has 0 aliphatic rings. The third-order valence-electron chi connectivity index (χ3n) is 9.80. The molecule has 0 aliphatic heterocycles. The Morgan fingerprint density at radius 3 is 1.92 bits per heavy atom. The van der Waals surface area contributed by atoms with Crippen molar-refractivity contribution in [3.05, 3.63) is 158 Å². The van der Waals surface area contributed by atoms with E-state index in [4.69, 9.17) is 24.4 Å². The molecule has 53 heavy (non-hydrogen) atoms. The number of nitrogens with zero attached hydrogens (tertiary/aromatic N) is 4. The highest BCUT2D eigenvalue weighted by molar-refractivity contribution is 7.26. The molecule has 0 amide bonds. The second-order valence-electron chi connectivity index (χ2n) is 13.0. The minimum atomic E-state index is 0.622. The van der Waals surface area contributed by atoms with E-state index in [0.717, 1.165) is 71.2 Å². The fourth-order valence-corrected chi connectivity index (χ4v) is 9.39. The molecule has 0 bridgehead atoms. The van der Waals surface area contributed by atoms with Crippen LogP contribution in [0.4, 0.5) is 0 Å². The van der Waals surface area contributed by atoms with Crippen LogP contribution in [0.25, 0.3) is 108 Å². The SMILES string of the molecule is c1ccc(-c2nc(-c3ccc(-c4cccc5c4oc4ccccc45)cc3)nc(-c3cccc4sc5cc(-c6nc7ccccc7s6)ccc5c34)n2)cc1. The zero-order chi connectivity index (χ0) is 34.9. The normalized spacial score (nSPS) is 11.8. The lowest BCUT2D eigenvalue weighted by Gasteiger charge is -2.10. The lowest BCUT2D eigenvalue weighted by Crippen LogP contribution is -2.00. The highest BCUT2D eigenvalue weighted by Gasteiger charge is 2.19. The van der Waals surface area contributed by atoms with E-state index in [-0.39, 0.29) is 0 Å². The van der Waals surface area contributed by atoms with Crippen LogP contribution in [0.5, 0.6) is 0 Å². The summed E-state index contributed by atoms with van der Waals surface area (Å²) in [6.45, 7) is 0. The first-order valence-corrected chi connectivity index (χ1v) is 19.0. The zero-order valence-corrected chi connectivity index (χ0v) is 29.7. The maximum atomic E-state index is 6.35. The van der Waals surface area contributed by atoms with Crippen LogP contribution in [-0.4, -0.2) is 19.9 Å². The molecular formula is C46H26N4OS2. The predicted molar refractivity (Wildman–Crippen MR) is 220 cm³/mol. The van der Waals surface area contributed by atoms with Crippen LogP contribution in [0.3, 0.4) is 0 Å². The Kier molecular flexibility index (Phi) is 6.83. The van der Waals surface area contributed by atoms with Gasteiger partial charge in [0.05, 0.1) is 10.2 Å². The Morgan fingerprint density at radius 1 is 0.396 bits per heavy atom. The number of hydrogen-bond donors (Lipinski definition) is 0. The molecule has 7 heteroatoms. The van der Waals surface area contributed by atoms with Gasteiger partial charge in [0, 0.05) is 58.8 Å². The molecule has 4 heterocycles. The van der Waals surface area contributed by atoms with E-state index < -0.39 is 0 Å². The van der Waals surface area contributed by atoms with E-state index in [1.165, 1.54) is 19.5 Å². The first kappa shape index (κ1) is 30.1. The van der Waals surface area contributed by atoms with Crippen molar-refractivity contribution in [2.45, 2.75) is 0 Å². The molecule has 5 nitrogen and oxygen atoms in total. The van der Waals surface area contributed by atoms with Gasteiger partial charge in [0.15, 0.2) is 17.5 Å². The van der Waals surface area contributed by atoms with E-state index in [0.29, 0.717) is 17.5 Å². The molecule has 4 aromatic heterocycles. The molecule has 0 spiro atoms. The monoisotopic (exact) mass is 714 g/mol. The summed E-state index contributed by atoms with van der Waals surface area (Å²) >= 11 is 3.51. The lowest BCUT2D eigenvalue weighted by atomic mass is 10.0. The summed E-state index contributed by atoms with van der Waals surface area (Å²) in [6, 6.07) is 54.5. The fourth-order valence-electron chi connectivity index (χ4n) is 7.26. The van der Waals surface area contributed by atoms with Gasteiger partial charge in [-0.25, -0.2) is 19.9 Å². The average molecular weight is 715 g/mol. The molecule has 0 unspecified atom stereocenters. The second-order valence-corrected chi connectivity index (χ2v) is 15.1. The molecule has 0 N–H and O–H groups in total. The van der Waals surface area contributed by atoms with Crippen molar-refractivity contribution in [1.29, 1.82) is 0 Å². The Hall–Kier alpha value is -6.54. The zero-order valence-electron chi connectivity index (χ0n) is 28.0. The molecular weight excluding hydrogens is 689 g/mol. The van der Waals surface area contributed by atoms with Crippen LogP contribution in [0, 0.1) is 0 Å². The first-order chi connectivity index (χ1) is 26.2. The molecule has 0 radical (unpaired) electrons. The smallest absolute Gasteiger partial charge is 0.164 e. The van der Waals surface area contributed by atoms with Crippen molar-refractivity contribution in [3.8, 4) is 55.9 Å². The number of thiazole rings is 1. The van der Waals surface area contributed by atoms with Crippen LogP contribution in [0.1, 0.15) is 0 Å². The molecule has 0 fully saturated rings. The Bertz CT molecular complexity index is 3150. The van der Waals surface area contributed by atoms with Crippen molar-refractivity contribution in [1.82, 2.24) is 19.9 Å². The van der Waals surface area contributed by atoms with Gasteiger partial charge in [0.2, 0.25) is 0 Å². The van der Waals surface area contributed by atoms with Gasteiger partial charge in [-0.15, -0.1) is 22.7 Å². The number of rotatable bonds is 5. The van der Waals surface area contributed by atoms with Gasteiger partial charge in [0.1, 0.15) is 16.2 Å². The summed E-state index contributed by atoms with van der Waals surface area (Å²) < 4.78 is 9.93. The summed E-state index contributed by atoms with van der Waals surface area (Å²) in [5, 5.41) is 5.58. The molecule has 11 rings (SSSR count). The summed E-state index contributed by atoms with van der Waals surface area (Å²) in [7, 11) is 0. The number of hydrogen-bond acceptors (Lipinski definition) is 7. The third kappa shape index (κ3) is 5.04. The second kappa shape index (κ2) is 12.0. The van der Waals surface area contributed by atoms with Crippen molar-refractivity contribution in [3.63, 3.8) is 0 Å². The van der Waals surface area contributed by atoms with E-state index in [1.54, 1.807) is 22.7 Å². The number of fused-ring (bicyclic) bond motifs is 7. The Morgan fingerprint density at radius 2 is 1.06 bits per heavy atom. The first-order valence-electron chi connectivity index (χ1n) is 17.4. The Labute approximate surface area is 311 Å². The minimum Gasteiger partial charge on any atom is -0.455 e. The quantitative estimate of drug-likeness (QED) is 0.178. The largest absolute Gasteiger partial charge is 0.455 e. The molecule has 11 aromatic rings. The van der Waals surface area contributed by atoms with E-state index in [9.17, 15) is 0 Å². The van der Waals surface area contributed by atoms with Crippen molar-refractivity contribution < 1.29 is 4.42 Å². The van der Waals surface area contributed by atoms with Gasteiger partial charge >= 0.3 is 0 Å². The molecule has 0 saturated carbocycles. The number of thiophene rings is 1. The molecule has 248 valence electrons. The van der Waals surface area contributed by atoms with Gasteiger partial charge < -0.3 is 4.42 Å². The summed E-state index contributed by atoms with van der Waals surface area (Å²) in [6.07, 6.45) is 0. The Balaban J connectivity index is 1.04. The summed E-state index contributed by atoms with van der Waals surface area (Å²) in [5.41, 5.74) is 8.88. The molecule has 0 atom stereocenters. The maximum absolute atomic E-state index is 6.35. The number of furan rings is 1. The highest BCUT2D eigenvalue weighted by Crippen LogP contribution is 2.42. The summed E-state index contributed by atoms with van der Waals surface area (Å²) in [5.74, 6) is 1.90. The van der Waals surface area contributed by atoms with Crippen LogP contribution in [0.15, 0.2) is 162 Å². The number of para-hydroxylation sites is 3. The average Bonchev–Trinajstić information content (AvgIpc) is 3.94. The third-order valence-corrected chi connectivity index (χ3v) is 12.0. The van der Waals surface area contributed by atoms with Gasteiger partial charge in [-0.1, -0.05) is 127 Å². The maximum Gasteiger partial charge on any atom is 0.164 e. The molecule has 0 saturated heterocycles. The van der Waals surface area contributed by atoms with Crippen LogP contribution in [-0.2, 0) is 0 Å². The molecule has 0 aliphatic carbocycles. The number of aromatic nitrogens is 4. The minimum absolute atomic E-state index is 0.622. The lowest BCUT2D eigenvalue weighted by molar-refractivity contribution is 0.670. The van der Waals surface area contributed by atoms with Crippen molar-refractivity contribution in [2.75, 3.05) is 0 Å². The van der Waals surface area contributed by atoms with E-state index in [1.807, 2.05) is 54.6 Å². The van der Waals surface area contributed by atoms with Crippen LogP contribution >= 0.6 is 22.7 Å². The highest BCUT2D eigenvalue weighted by atomic mass is 32.1. The van der Waals surface area contributed by atoms with E-state index in [2.05, 4.69) is 103 Å². The standard InChI is InChI=1S/C46H26N4OS2/c1-2-10-28(11-3-1)43-48-44(29-22-20-27(21-23-29)31-13-8-14-33-32-12-4-6-17-37(32)51-42(31)33)50-45(49-43)35-15-9-19-39-41(35)34-25-24-30(26-40(34)52-39)46-47-36-16-5-7-18-38(36)53-46/h1-26H. The van der Waals surface area contributed by atoms with Gasteiger partial charge in [-0.3, -0.25) is 0 Å². The van der Waals surface area contributed by atoms with Gasteiger partial charge in [-0.2, -0.15) is 0 Å². The van der Waals surface area contributed by atoms with Gasteiger partial charge in [0.25, 0.3) is 0 Å². The van der Waals surface area contributed by atoms with Crippen molar-refractivity contribution >= 4 is 75.0 Å². The summed E-state index contributed by atoms with van der Waals surface area (Å²) in [4.78, 5) is 20.2.